The van der Waals surface area contributed by atoms with E-state index in [9.17, 15) is 73.5 Å². The number of phenolic OH excluding ortho intramolecular Hbond substituents is 1. The van der Waals surface area contributed by atoms with Crippen LogP contribution < -0.4 is 48.3 Å². The van der Waals surface area contributed by atoms with Gasteiger partial charge in [-0.05, 0) is 68.6 Å². The van der Waals surface area contributed by atoms with E-state index in [1.807, 2.05) is 13.8 Å². The monoisotopic (exact) mass is 1030 g/mol. The van der Waals surface area contributed by atoms with Gasteiger partial charge >= 0.3 is 5.97 Å². The van der Waals surface area contributed by atoms with Crippen LogP contribution in [-0.2, 0) is 60.8 Å². The number of phenols is 1. The van der Waals surface area contributed by atoms with Gasteiger partial charge in [0.25, 0.3) is 0 Å². The number of nitrogens with zero attached hydrogens (tertiary/aromatic N) is 2. The predicted octanol–water partition coefficient (Wildman–Crippen LogP) is -5.10. The van der Waals surface area contributed by atoms with Crippen molar-refractivity contribution in [3.05, 3.63) is 48.0 Å². The van der Waals surface area contributed by atoms with Gasteiger partial charge in [0.2, 0.25) is 53.2 Å². The van der Waals surface area contributed by atoms with E-state index in [0.29, 0.717) is 17.7 Å². The number of carbonyl (C=O) groups excluding carboxylic acids is 9. The molecule has 27 heteroatoms. The summed E-state index contributed by atoms with van der Waals surface area (Å²) in [5.41, 5.74) is 7.24. The Morgan fingerprint density at radius 2 is 1.21 bits per heavy atom. The SMILES string of the molecule is CC(C)C[C@H](NC(=O)[C@H](Cc1cnc[nH]1)NC(=O)[C@H](C)NC(=O)[C@H](CO)NC(=O)[C@H](CO)NC(=O)CNC(=O)[C@H](CO)NC(=O)[C@@H]1CCCN1C(=O)[C@H](CC(C)C)NC(=O)[C@@H](N)Cc1ccc(O)cc1)C(=O)O. The van der Waals surface area contributed by atoms with Crippen LogP contribution in [0.1, 0.15) is 71.6 Å². The second kappa shape index (κ2) is 29.3. The number of benzene rings is 1. The first kappa shape index (κ1) is 60.1. The molecule has 1 fully saturated rings. The van der Waals surface area contributed by atoms with E-state index in [4.69, 9.17) is 5.73 Å². The van der Waals surface area contributed by atoms with E-state index in [0.717, 1.165) is 0 Å². The van der Waals surface area contributed by atoms with Gasteiger partial charge in [-0.15, -0.1) is 0 Å². The highest BCUT2D eigenvalue weighted by Crippen LogP contribution is 2.21. The van der Waals surface area contributed by atoms with E-state index in [1.165, 1.54) is 36.5 Å². The van der Waals surface area contributed by atoms with Crippen LogP contribution in [0.25, 0.3) is 0 Å². The highest BCUT2D eigenvalue weighted by Gasteiger charge is 2.40. The highest BCUT2D eigenvalue weighted by molar-refractivity contribution is 5.98. The summed E-state index contributed by atoms with van der Waals surface area (Å²) >= 11 is 0. The average Bonchev–Trinajstić information content (AvgIpc) is 4.06. The number of H-pyrrole nitrogens is 1. The summed E-state index contributed by atoms with van der Waals surface area (Å²) < 4.78 is 0. The highest BCUT2D eigenvalue weighted by atomic mass is 16.4. The Hall–Kier alpha value is -7.23. The minimum atomic E-state index is -1.75. The molecule has 1 aromatic carbocycles. The fourth-order valence-electron chi connectivity index (χ4n) is 7.58. The molecule has 404 valence electrons. The smallest absolute Gasteiger partial charge is 0.326 e. The zero-order valence-corrected chi connectivity index (χ0v) is 41.4. The second-order valence-electron chi connectivity index (χ2n) is 18.5. The Bertz CT molecular complexity index is 2210. The molecule has 0 bridgehead atoms. The van der Waals surface area contributed by atoms with Crippen LogP contribution in [0.5, 0.6) is 5.75 Å². The van der Waals surface area contributed by atoms with Crippen molar-refractivity contribution in [2.75, 3.05) is 32.9 Å². The van der Waals surface area contributed by atoms with Crippen molar-refractivity contribution in [2.24, 2.45) is 17.6 Å². The van der Waals surface area contributed by atoms with Crippen LogP contribution in [0.2, 0.25) is 0 Å². The van der Waals surface area contributed by atoms with Crippen molar-refractivity contribution >= 4 is 59.1 Å². The molecule has 2 aromatic rings. The Labute approximate surface area is 420 Å². The third-order valence-electron chi connectivity index (χ3n) is 11.5. The lowest BCUT2D eigenvalue weighted by molar-refractivity contribution is -0.143. The minimum absolute atomic E-state index is 0.0401. The molecule has 0 aliphatic carbocycles. The lowest BCUT2D eigenvalue weighted by Crippen LogP contribution is -2.60. The fraction of sp³-hybridized carbons (Fsp3) is 0.587. The van der Waals surface area contributed by atoms with Gasteiger partial charge in [0.15, 0.2) is 0 Å². The van der Waals surface area contributed by atoms with Crippen molar-refractivity contribution < 1.29 is 73.5 Å². The van der Waals surface area contributed by atoms with Gasteiger partial charge in [0, 0.05) is 24.9 Å². The molecule has 9 amide bonds. The number of nitrogens with two attached hydrogens (primary N) is 1. The number of rotatable bonds is 29. The van der Waals surface area contributed by atoms with E-state index in [2.05, 4.69) is 52.5 Å². The third kappa shape index (κ3) is 19.4. The fourth-order valence-corrected chi connectivity index (χ4v) is 7.58. The standard InChI is InChI=1S/C46H70N12O15/c1-23(2)13-31(54-39(65)29(47)15-26-8-10-28(62)11-9-26)45(71)58-12-6-7-36(58)44(70)57-33(19-59)40(66)49-18-37(63)52-34(20-60)43(69)56-35(21-61)42(68)51-25(5)38(64)53-30(16-27-17-48-22-50-27)41(67)55-32(46(72)73)14-24(3)4/h8-11,17,22-25,29-36,59-62H,6-7,12-16,18-21,47H2,1-5H3,(H,48,50)(H,49,66)(H,51,68)(H,52,63)(H,53,64)(H,54,65)(H,55,67)(H,56,69)(H,57,70)(H,72,73)/t25-,29-,30-,31-,32-,33-,34-,35-,36-/m0/s1. The molecule has 1 saturated heterocycles. The normalized spacial score (nSPS) is 16.6. The van der Waals surface area contributed by atoms with E-state index in [1.54, 1.807) is 26.0 Å². The predicted molar refractivity (Wildman–Crippen MR) is 257 cm³/mol. The lowest BCUT2D eigenvalue weighted by atomic mass is 10.0. The Kier molecular flexibility index (Phi) is 24.1. The maximum absolute atomic E-state index is 13.9. The molecule has 3 rings (SSSR count). The molecule has 0 unspecified atom stereocenters. The molecule has 1 aliphatic rings. The minimum Gasteiger partial charge on any atom is -0.508 e. The van der Waals surface area contributed by atoms with E-state index < -0.39 is 140 Å². The molecule has 0 radical (unpaired) electrons. The molecule has 2 heterocycles. The van der Waals surface area contributed by atoms with Gasteiger partial charge in [-0.1, -0.05) is 39.8 Å². The topological polar surface area (TPSA) is 426 Å². The maximum Gasteiger partial charge on any atom is 0.326 e. The number of aromatic amines is 1. The number of aromatic hydroxyl groups is 1. The van der Waals surface area contributed by atoms with Gasteiger partial charge in [-0.25, -0.2) is 9.78 Å². The summed E-state index contributed by atoms with van der Waals surface area (Å²) in [6.07, 6.45) is 3.57. The van der Waals surface area contributed by atoms with Crippen LogP contribution >= 0.6 is 0 Å². The molecule has 27 nitrogen and oxygen atoms in total. The summed E-state index contributed by atoms with van der Waals surface area (Å²) in [4.78, 5) is 139. The number of likely N-dealkylation sites (tertiary alicyclic amines) is 1. The van der Waals surface area contributed by atoms with Gasteiger partial charge < -0.3 is 83.7 Å². The zero-order chi connectivity index (χ0) is 54.5. The van der Waals surface area contributed by atoms with Crippen LogP contribution in [0.15, 0.2) is 36.8 Å². The molecule has 73 heavy (non-hydrogen) atoms. The van der Waals surface area contributed by atoms with Crippen LogP contribution in [0.3, 0.4) is 0 Å². The molecular weight excluding hydrogens is 961 g/mol. The lowest BCUT2D eigenvalue weighted by Gasteiger charge is -2.30. The van der Waals surface area contributed by atoms with Crippen molar-refractivity contribution in [3.8, 4) is 5.75 Å². The first-order valence-corrected chi connectivity index (χ1v) is 23.7. The van der Waals surface area contributed by atoms with Crippen LogP contribution in [-0.4, -0.2) is 187 Å². The van der Waals surface area contributed by atoms with E-state index >= 15 is 0 Å². The number of carboxylic acids is 1. The van der Waals surface area contributed by atoms with Crippen molar-refractivity contribution in [1.82, 2.24) is 57.4 Å². The number of nitrogens with one attached hydrogen (secondary N) is 9. The summed E-state index contributed by atoms with van der Waals surface area (Å²) in [7, 11) is 0. The van der Waals surface area contributed by atoms with Gasteiger partial charge in [0.05, 0.1) is 38.7 Å². The number of carboxylic acid groups (broad SMARTS) is 1. The summed E-state index contributed by atoms with van der Waals surface area (Å²) in [6, 6.07) is -6.20. The zero-order valence-electron chi connectivity index (χ0n) is 41.4. The Morgan fingerprint density at radius 3 is 1.78 bits per heavy atom. The molecule has 1 aliphatic heterocycles. The summed E-state index contributed by atoms with van der Waals surface area (Å²) in [5.74, 6) is -9.51. The van der Waals surface area contributed by atoms with E-state index in [-0.39, 0.29) is 56.2 Å². The average molecular weight is 1030 g/mol. The first-order chi connectivity index (χ1) is 34.5. The number of amides is 9. The van der Waals surface area contributed by atoms with Gasteiger partial charge in [-0.2, -0.15) is 0 Å². The molecule has 0 spiro atoms. The number of carbonyl (C=O) groups is 10. The number of hydrogen-bond donors (Lipinski definition) is 15. The summed E-state index contributed by atoms with van der Waals surface area (Å²) in [6.45, 7) is 4.72. The molecular formula is C46H70N12O15. The van der Waals surface area contributed by atoms with Crippen molar-refractivity contribution in [1.29, 1.82) is 0 Å². The molecule has 9 atom stereocenters. The molecule has 0 saturated carbocycles. The Morgan fingerprint density at radius 1 is 0.671 bits per heavy atom. The number of aromatic nitrogens is 2. The number of aliphatic carboxylic acids is 1. The van der Waals surface area contributed by atoms with Crippen LogP contribution in [0, 0.1) is 11.8 Å². The molecule has 16 N–H and O–H groups in total. The second-order valence-corrected chi connectivity index (χ2v) is 18.5. The quantitative estimate of drug-likeness (QED) is 0.0362. The van der Waals surface area contributed by atoms with Crippen molar-refractivity contribution in [2.45, 2.75) is 128 Å². The number of imidazole rings is 1. The Balaban J connectivity index is 1.54. The molecule has 1 aromatic heterocycles. The third-order valence-corrected chi connectivity index (χ3v) is 11.5. The maximum atomic E-state index is 13.9. The van der Waals surface area contributed by atoms with Crippen molar-refractivity contribution in [3.63, 3.8) is 0 Å². The number of aliphatic hydroxyl groups excluding tert-OH is 3. The first-order valence-electron chi connectivity index (χ1n) is 23.7. The van der Waals surface area contributed by atoms with Gasteiger partial charge in [-0.3, -0.25) is 43.2 Å². The van der Waals surface area contributed by atoms with Gasteiger partial charge in [0.1, 0.15) is 54.1 Å². The number of hydrogen-bond acceptors (Lipinski definition) is 16. The largest absolute Gasteiger partial charge is 0.508 e. The number of aliphatic hydroxyl groups is 3. The van der Waals surface area contributed by atoms with Crippen LogP contribution in [0.4, 0.5) is 0 Å². The summed E-state index contributed by atoms with van der Waals surface area (Å²) in [5, 5.41) is 67.7.